The molecule has 28 heavy (non-hydrogen) atoms. The number of nitrogens with zero attached hydrogens (tertiary/aromatic N) is 3. The maximum atomic E-state index is 9.31. The van der Waals surface area contributed by atoms with Crippen molar-refractivity contribution in [2.24, 2.45) is 0 Å². The molecule has 2 saturated heterocycles. The van der Waals surface area contributed by atoms with Crippen molar-refractivity contribution in [2.75, 3.05) is 24.5 Å². The van der Waals surface area contributed by atoms with Crippen LogP contribution in [0.1, 0.15) is 54.0 Å². The van der Waals surface area contributed by atoms with Crippen molar-refractivity contribution in [1.29, 1.82) is 0 Å². The molecule has 1 atom stereocenters. The number of furan rings is 1. The van der Waals surface area contributed by atoms with Crippen molar-refractivity contribution in [1.82, 2.24) is 4.98 Å². The number of anilines is 1. The highest BCUT2D eigenvalue weighted by atomic mass is 16.3. The Kier molecular flexibility index (Phi) is 3.37. The third kappa shape index (κ3) is 2.43. The Balaban J connectivity index is 1.79. The quantitative estimate of drug-likeness (QED) is 0.519. The van der Waals surface area contributed by atoms with Crippen molar-refractivity contribution in [3.63, 3.8) is 0 Å². The minimum atomic E-state index is -1.36. The third-order valence-corrected chi connectivity index (χ3v) is 6.86. The van der Waals surface area contributed by atoms with Crippen LogP contribution in [-0.4, -0.2) is 40.8 Å². The first-order valence-electron chi connectivity index (χ1n) is 11.6. The van der Waals surface area contributed by atoms with Crippen LogP contribution in [0.4, 0.5) is 5.69 Å². The van der Waals surface area contributed by atoms with Crippen LogP contribution < -0.4 is 4.90 Å². The van der Waals surface area contributed by atoms with Gasteiger partial charge in [0.25, 0.3) is 0 Å². The Bertz CT molecular complexity index is 1140. The maximum Gasteiger partial charge on any atom is 0.227 e. The maximum absolute atomic E-state index is 9.31. The molecule has 2 fully saturated rings. The summed E-state index contributed by atoms with van der Waals surface area (Å²) in [5.74, 6) is 0. The number of aryl methyl sites for hydroxylation is 2. The first-order valence-corrected chi connectivity index (χ1v) is 10.6. The Morgan fingerprint density at radius 1 is 1.11 bits per heavy atom. The van der Waals surface area contributed by atoms with Crippen LogP contribution in [0.2, 0.25) is 0 Å². The molecule has 4 nitrogen and oxygen atoms in total. The summed E-state index contributed by atoms with van der Waals surface area (Å²) in [7, 11) is 0. The average Bonchev–Trinajstić information content (AvgIpc) is 3.11. The standard InChI is InChI=1S/C24H32N3O/c1-16-9-11-19-20-12-10-17(2)25-23(20)28-22(19)21(16)26-18(3)27(15-24(26,4)5)13-7-6-8-14-27/h9-12,18H,6-8,13-15H2,1-5H3/q+1/i15D2. The lowest BCUT2D eigenvalue weighted by atomic mass is 10.00. The second-order valence-electron chi connectivity index (χ2n) is 9.23. The van der Waals surface area contributed by atoms with Gasteiger partial charge in [-0.2, -0.15) is 0 Å². The molecule has 0 amide bonds. The molecule has 148 valence electrons. The number of fused-ring (bicyclic) bond motifs is 3. The number of rotatable bonds is 1. The molecule has 2 aliphatic heterocycles. The number of hydrogen-bond acceptors (Lipinski definition) is 3. The van der Waals surface area contributed by atoms with Gasteiger partial charge in [0, 0.05) is 23.4 Å². The fourth-order valence-corrected chi connectivity index (χ4v) is 5.61. The van der Waals surface area contributed by atoms with Crippen molar-refractivity contribution in [3.8, 4) is 0 Å². The number of benzene rings is 1. The molecule has 4 heteroatoms. The molecule has 2 aliphatic rings. The van der Waals surface area contributed by atoms with Crippen LogP contribution in [0.5, 0.6) is 0 Å². The van der Waals surface area contributed by atoms with Gasteiger partial charge in [-0.3, -0.25) is 0 Å². The monoisotopic (exact) mass is 380 g/mol. The highest BCUT2D eigenvalue weighted by Crippen LogP contribution is 2.46. The van der Waals surface area contributed by atoms with E-state index in [-0.39, 0.29) is 6.17 Å². The summed E-state index contributed by atoms with van der Waals surface area (Å²) >= 11 is 0. The number of hydrogen-bond donors (Lipinski definition) is 0. The minimum Gasteiger partial charge on any atom is -0.435 e. The molecule has 3 aromatic rings. The second-order valence-corrected chi connectivity index (χ2v) is 9.23. The Hall–Kier alpha value is -2.07. The molecule has 0 saturated carbocycles. The number of quaternary nitrogens is 1. The van der Waals surface area contributed by atoms with E-state index >= 15 is 0 Å². The van der Waals surface area contributed by atoms with Gasteiger partial charge in [-0.25, -0.2) is 4.98 Å². The zero-order valence-corrected chi connectivity index (χ0v) is 17.7. The van der Waals surface area contributed by atoms with Gasteiger partial charge in [0.1, 0.15) is 6.50 Å². The third-order valence-electron chi connectivity index (χ3n) is 6.86. The number of aromatic nitrogens is 1. The van der Waals surface area contributed by atoms with E-state index in [1.165, 1.54) is 6.42 Å². The highest BCUT2D eigenvalue weighted by molar-refractivity contribution is 6.08. The smallest absolute Gasteiger partial charge is 0.227 e. The lowest BCUT2D eigenvalue weighted by Gasteiger charge is -2.42. The number of pyridine rings is 1. The normalized spacial score (nSPS) is 26.8. The summed E-state index contributed by atoms with van der Waals surface area (Å²) in [4.78, 5) is 6.94. The van der Waals surface area contributed by atoms with Gasteiger partial charge in [0.05, 0.1) is 27.1 Å². The van der Waals surface area contributed by atoms with E-state index in [1.807, 2.05) is 13.0 Å². The van der Waals surface area contributed by atoms with Crippen LogP contribution in [0.25, 0.3) is 22.1 Å². The zero-order chi connectivity index (χ0) is 21.5. The van der Waals surface area contributed by atoms with Crippen LogP contribution >= 0.6 is 0 Å². The summed E-state index contributed by atoms with van der Waals surface area (Å²) in [6.45, 7) is 10.8. The Morgan fingerprint density at radius 3 is 2.57 bits per heavy atom. The van der Waals surface area contributed by atoms with E-state index in [0.29, 0.717) is 10.2 Å². The van der Waals surface area contributed by atoms with Gasteiger partial charge in [0.2, 0.25) is 5.71 Å². The molecule has 4 heterocycles. The average molecular weight is 381 g/mol. The van der Waals surface area contributed by atoms with E-state index in [4.69, 9.17) is 4.42 Å². The lowest BCUT2D eigenvalue weighted by molar-refractivity contribution is -0.942. The fraction of sp³-hybridized carbons (Fsp3) is 0.542. The molecular weight excluding hydrogens is 346 g/mol. The van der Waals surface area contributed by atoms with E-state index in [0.717, 1.165) is 59.2 Å². The Labute approximate surface area is 170 Å². The van der Waals surface area contributed by atoms with Gasteiger partial charge in [-0.1, -0.05) is 12.1 Å². The zero-order valence-electron chi connectivity index (χ0n) is 19.7. The summed E-state index contributed by atoms with van der Waals surface area (Å²) in [6.07, 6.45) is 3.41. The lowest BCUT2D eigenvalue weighted by Crippen LogP contribution is -2.56. The molecule has 0 radical (unpaired) electrons. The van der Waals surface area contributed by atoms with Gasteiger partial charge in [-0.15, -0.1) is 0 Å². The largest absolute Gasteiger partial charge is 0.435 e. The summed E-state index contributed by atoms with van der Waals surface area (Å²) < 4.78 is 25.5. The summed E-state index contributed by atoms with van der Waals surface area (Å²) in [5, 5.41) is 2.07. The molecule has 2 aromatic heterocycles. The molecule has 0 N–H and O–H groups in total. The predicted molar refractivity (Wildman–Crippen MR) is 116 cm³/mol. The van der Waals surface area contributed by atoms with Crippen molar-refractivity contribution in [3.05, 3.63) is 35.5 Å². The van der Waals surface area contributed by atoms with Crippen molar-refractivity contribution in [2.45, 2.75) is 65.6 Å². The number of piperidine rings is 1. The van der Waals surface area contributed by atoms with Crippen LogP contribution in [0, 0.1) is 13.8 Å². The van der Waals surface area contributed by atoms with Gasteiger partial charge >= 0.3 is 0 Å². The van der Waals surface area contributed by atoms with Crippen molar-refractivity contribution < 1.29 is 11.6 Å². The Morgan fingerprint density at radius 2 is 1.82 bits per heavy atom. The molecular formula is C24H32N3O+. The van der Waals surface area contributed by atoms with Crippen LogP contribution in [0.15, 0.2) is 28.7 Å². The molecule has 5 rings (SSSR count). The SMILES string of the molecule is [2H]C1([2H])C(C)(C)N(c2c(C)ccc3c2oc2nc(C)ccc23)C(C)[N+]12CCCCC2. The predicted octanol–water partition coefficient (Wildman–Crippen LogP) is 5.54. The summed E-state index contributed by atoms with van der Waals surface area (Å²) in [6, 6.07) is 8.36. The fourth-order valence-electron chi connectivity index (χ4n) is 5.61. The highest BCUT2D eigenvalue weighted by Gasteiger charge is 2.55. The van der Waals surface area contributed by atoms with Crippen LogP contribution in [0.3, 0.4) is 0 Å². The first kappa shape index (κ1) is 15.8. The van der Waals surface area contributed by atoms with E-state index in [1.54, 1.807) is 0 Å². The topological polar surface area (TPSA) is 29.3 Å². The van der Waals surface area contributed by atoms with E-state index in [2.05, 4.69) is 55.8 Å². The van der Waals surface area contributed by atoms with Gasteiger partial charge < -0.3 is 13.8 Å². The van der Waals surface area contributed by atoms with E-state index in [9.17, 15) is 2.74 Å². The van der Waals surface area contributed by atoms with Gasteiger partial charge in [0.15, 0.2) is 11.7 Å². The van der Waals surface area contributed by atoms with Crippen molar-refractivity contribution >= 4 is 27.8 Å². The van der Waals surface area contributed by atoms with Gasteiger partial charge in [-0.05, 0) is 64.7 Å². The minimum absolute atomic E-state index is 0.0301. The summed E-state index contributed by atoms with van der Waals surface area (Å²) in [5.41, 5.74) is 3.88. The molecule has 0 bridgehead atoms. The first-order chi connectivity index (χ1) is 14.1. The van der Waals surface area contributed by atoms with E-state index < -0.39 is 12.0 Å². The molecule has 0 aliphatic carbocycles. The molecule has 1 spiro atoms. The van der Waals surface area contributed by atoms with Crippen LogP contribution in [-0.2, 0) is 0 Å². The second kappa shape index (κ2) is 5.96. The molecule has 1 aromatic carbocycles. The molecule has 1 unspecified atom stereocenters.